The molecule has 0 heterocycles. The highest BCUT2D eigenvalue weighted by atomic mass is 16.5. The van der Waals surface area contributed by atoms with Crippen LogP contribution in [0.1, 0.15) is 40.7 Å². The number of nitrogens with two attached hydrogens (primary N) is 1. The first kappa shape index (κ1) is 16.2. The zero-order valence-corrected chi connectivity index (χ0v) is 13.4. The number of methoxy groups -OCH3 is 1. The zero-order valence-electron chi connectivity index (χ0n) is 13.4. The Morgan fingerprint density at radius 3 is 2.45 bits per heavy atom. The molecule has 116 valence electrons. The lowest BCUT2D eigenvalue weighted by atomic mass is 9.91. The molecule has 0 amide bonds. The first-order chi connectivity index (χ1) is 10.6. The van der Waals surface area contributed by atoms with E-state index in [1.54, 1.807) is 0 Å². The number of rotatable bonds is 5. The van der Waals surface area contributed by atoms with Crippen LogP contribution in [0.25, 0.3) is 11.1 Å². The molecular weight excluding hydrogens is 274 g/mol. The van der Waals surface area contributed by atoms with Crippen molar-refractivity contribution < 1.29 is 9.53 Å². The second kappa shape index (κ2) is 7.23. The van der Waals surface area contributed by atoms with Crippen LogP contribution in [0.5, 0.6) is 0 Å². The molecule has 1 atom stereocenters. The van der Waals surface area contributed by atoms with Gasteiger partial charge in [0.05, 0.1) is 12.7 Å². The van der Waals surface area contributed by atoms with Gasteiger partial charge >= 0.3 is 5.97 Å². The molecule has 2 rings (SSSR count). The third-order valence-corrected chi connectivity index (χ3v) is 3.98. The third-order valence-electron chi connectivity index (χ3n) is 3.98. The summed E-state index contributed by atoms with van der Waals surface area (Å²) < 4.78 is 4.91. The number of ether oxygens (including phenoxy) is 1. The largest absolute Gasteiger partial charge is 0.465 e. The van der Waals surface area contributed by atoms with Crippen LogP contribution in [0.15, 0.2) is 42.5 Å². The van der Waals surface area contributed by atoms with Gasteiger partial charge in [-0.05, 0) is 48.6 Å². The summed E-state index contributed by atoms with van der Waals surface area (Å²) in [6.45, 7) is 4.85. The Labute approximate surface area is 132 Å². The van der Waals surface area contributed by atoms with E-state index in [4.69, 9.17) is 10.5 Å². The fourth-order valence-corrected chi connectivity index (χ4v) is 2.54. The second-order valence-corrected chi connectivity index (χ2v) is 5.64. The van der Waals surface area contributed by atoms with Gasteiger partial charge in [0, 0.05) is 0 Å². The minimum absolute atomic E-state index is 0.311. The fourth-order valence-electron chi connectivity index (χ4n) is 2.54. The lowest BCUT2D eigenvalue weighted by molar-refractivity contribution is 0.0601. The Balaban J connectivity index is 2.52. The number of benzene rings is 2. The van der Waals surface area contributed by atoms with Crippen molar-refractivity contribution in [3.8, 4) is 11.1 Å². The van der Waals surface area contributed by atoms with Gasteiger partial charge in [0.2, 0.25) is 0 Å². The van der Waals surface area contributed by atoms with Gasteiger partial charge in [-0.3, -0.25) is 0 Å². The number of hydrogen-bond acceptors (Lipinski definition) is 3. The topological polar surface area (TPSA) is 52.3 Å². The highest BCUT2D eigenvalue weighted by Gasteiger charge is 2.15. The van der Waals surface area contributed by atoms with Crippen LogP contribution in [0, 0.1) is 6.92 Å². The van der Waals surface area contributed by atoms with E-state index < -0.39 is 0 Å². The van der Waals surface area contributed by atoms with E-state index in [1.165, 1.54) is 18.2 Å². The monoisotopic (exact) mass is 297 g/mol. The number of aryl methyl sites for hydroxylation is 1. The van der Waals surface area contributed by atoms with Crippen molar-refractivity contribution in [2.75, 3.05) is 13.7 Å². The zero-order chi connectivity index (χ0) is 16.1. The van der Waals surface area contributed by atoms with E-state index in [0.717, 1.165) is 17.5 Å². The molecule has 22 heavy (non-hydrogen) atoms. The van der Waals surface area contributed by atoms with E-state index in [0.29, 0.717) is 18.0 Å². The molecule has 0 aliphatic carbocycles. The van der Waals surface area contributed by atoms with E-state index >= 15 is 0 Å². The summed E-state index contributed by atoms with van der Waals surface area (Å²) in [5, 5.41) is 0. The minimum atomic E-state index is -0.311. The summed E-state index contributed by atoms with van der Waals surface area (Å²) in [6.07, 6.45) is 0.922. The van der Waals surface area contributed by atoms with Gasteiger partial charge in [-0.15, -0.1) is 0 Å². The molecule has 0 radical (unpaired) electrons. The van der Waals surface area contributed by atoms with Gasteiger partial charge in [-0.2, -0.15) is 0 Å². The summed E-state index contributed by atoms with van der Waals surface area (Å²) in [5.74, 6) is 0.0505. The summed E-state index contributed by atoms with van der Waals surface area (Å²) >= 11 is 0. The van der Waals surface area contributed by atoms with Crippen molar-refractivity contribution in [2.45, 2.75) is 26.2 Å². The Morgan fingerprint density at radius 2 is 1.86 bits per heavy atom. The molecule has 0 aromatic heterocycles. The predicted octanol–water partition coefficient (Wildman–Crippen LogP) is 3.90. The third kappa shape index (κ3) is 3.55. The van der Waals surface area contributed by atoms with Crippen molar-refractivity contribution >= 4 is 5.97 Å². The van der Waals surface area contributed by atoms with Crippen molar-refractivity contribution in [3.05, 3.63) is 59.2 Å². The molecule has 0 saturated carbocycles. The molecule has 0 fully saturated rings. The molecule has 0 bridgehead atoms. The molecule has 2 aromatic carbocycles. The molecule has 2 N–H and O–H groups in total. The molecule has 0 unspecified atom stereocenters. The molecule has 0 spiro atoms. The molecule has 3 heteroatoms. The summed E-state index contributed by atoms with van der Waals surface area (Å²) in [7, 11) is 1.41. The number of carbonyl (C=O) groups excluding carboxylic acids is 1. The minimum Gasteiger partial charge on any atom is -0.465 e. The highest BCUT2D eigenvalue weighted by Crippen LogP contribution is 2.29. The molecule has 0 saturated heterocycles. The number of carbonyl (C=O) groups is 1. The molecule has 0 aliphatic heterocycles. The Morgan fingerprint density at radius 1 is 1.18 bits per heavy atom. The lowest BCUT2D eigenvalue weighted by Gasteiger charge is -2.15. The average Bonchev–Trinajstić information content (AvgIpc) is 2.54. The van der Waals surface area contributed by atoms with Gasteiger partial charge in [-0.1, -0.05) is 48.9 Å². The Kier molecular flexibility index (Phi) is 5.34. The average molecular weight is 297 g/mol. The second-order valence-electron chi connectivity index (χ2n) is 5.64. The van der Waals surface area contributed by atoms with Crippen molar-refractivity contribution in [2.24, 2.45) is 5.73 Å². The van der Waals surface area contributed by atoms with Gasteiger partial charge < -0.3 is 10.5 Å². The maximum absolute atomic E-state index is 12.0. The quantitative estimate of drug-likeness (QED) is 0.852. The summed E-state index contributed by atoms with van der Waals surface area (Å²) in [4.78, 5) is 12.0. The van der Waals surface area contributed by atoms with Crippen LogP contribution in [0.4, 0.5) is 0 Å². The van der Waals surface area contributed by atoms with Crippen molar-refractivity contribution in [1.82, 2.24) is 0 Å². The molecule has 0 aliphatic rings. The van der Waals surface area contributed by atoms with Gasteiger partial charge in [0.25, 0.3) is 0 Å². The van der Waals surface area contributed by atoms with Crippen molar-refractivity contribution in [1.29, 1.82) is 0 Å². The van der Waals surface area contributed by atoms with E-state index in [-0.39, 0.29) is 5.97 Å². The Bertz CT molecular complexity index is 647. The predicted molar refractivity (Wildman–Crippen MR) is 90.0 cm³/mol. The van der Waals surface area contributed by atoms with E-state index in [1.807, 2.05) is 43.3 Å². The van der Waals surface area contributed by atoms with Crippen LogP contribution in [0.3, 0.4) is 0 Å². The summed E-state index contributed by atoms with van der Waals surface area (Å²) in [5.41, 5.74) is 10.6. The van der Waals surface area contributed by atoms with Crippen LogP contribution < -0.4 is 5.73 Å². The fraction of sp³-hybridized carbons (Fsp3) is 0.316. The van der Waals surface area contributed by atoms with Crippen LogP contribution >= 0.6 is 0 Å². The lowest BCUT2D eigenvalue weighted by Crippen LogP contribution is -2.07. The normalized spacial score (nSPS) is 12.0. The Hall–Kier alpha value is -2.13. The smallest absolute Gasteiger partial charge is 0.338 e. The number of esters is 1. The van der Waals surface area contributed by atoms with E-state index in [2.05, 4.69) is 13.0 Å². The van der Waals surface area contributed by atoms with Gasteiger partial charge in [0.15, 0.2) is 0 Å². The van der Waals surface area contributed by atoms with E-state index in [9.17, 15) is 4.79 Å². The van der Waals surface area contributed by atoms with Gasteiger partial charge in [0.1, 0.15) is 0 Å². The van der Waals surface area contributed by atoms with Gasteiger partial charge in [-0.25, -0.2) is 4.79 Å². The molecular formula is C19H23NO2. The molecule has 3 nitrogen and oxygen atoms in total. The maximum atomic E-state index is 12.0. The summed E-state index contributed by atoms with van der Waals surface area (Å²) in [6, 6.07) is 14.1. The highest BCUT2D eigenvalue weighted by molar-refractivity contribution is 5.97. The van der Waals surface area contributed by atoms with Crippen LogP contribution in [0.2, 0.25) is 0 Å². The van der Waals surface area contributed by atoms with Crippen LogP contribution in [-0.2, 0) is 4.74 Å². The number of hydrogen-bond donors (Lipinski definition) is 1. The first-order valence-corrected chi connectivity index (χ1v) is 7.56. The standard InChI is InChI=1S/C19H23NO2/c1-13-4-6-15(7-5-13)18-12-16(14(2)10-11-20)8-9-17(18)19(21)22-3/h4-9,12,14H,10-11,20H2,1-3H3/t14-/m1/s1. The first-order valence-electron chi connectivity index (χ1n) is 7.56. The maximum Gasteiger partial charge on any atom is 0.338 e. The SMILES string of the molecule is COC(=O)c1ccc([C@H](C)CCN)cc1-c1ccc(C)cc1. The molecule has 2 aromatic rings. The van der Waals surface area contributed by atoms with Crippen molar-refractivity contribution in [3.63, 3.8) is 0 Å². The van der Waals surface area contributed by atoms with Crippen LogP contribution in [-0.4, -0.2) is 19.6 Å².